The normalized spacial score (nSPS) is 31.5. The van der Waals surface area contributed by atoms with Gasteiger partial charge in [0.1, 0.15) is 0 Å². The van der Waals surface area contributed by atoms with Crippen LogP contribution in [-0.2, 0) is 4.12 Å². The summed E-state index contributed by atoms with van der Waals surface area (Å²) in [6.07, 6.45) is 0. The highest BCUT2D eigenvalue weighted by Gasteiger charge is 2.46. The fourth-order valence-corrected chi connectivity index (χ4v) is 21.5. The lowest BCUT2D eigenvalue weighted by Gasteiger charge is -2.48. The van der Waals surface area contributed by atoms with E-state index in [0.29, 0.717) is 0 Å². The molecule has 0 unspecified atom stereocenters. The van der Waals surface area contributed by atoms with Gasteiger partial charge in [0.25, 0.3) is 0 Å². The molecule has 6 heteroatoms. The zero-order chi connectivity index (χ0) is 9.62. The highest BCUT2D eigenvalue weighted by molar-refractivity contribution is 7.00. The summed E-state index contributed by atoms with van der Waals surface area (Å²) in [5.41, 5.74) is 0. The first-order valence-electron chi connectivity index (χ1n) is 4.41. The van der Waals surface area contributed by atoms with Crippen LogP contribution in [0.25, 0.3) is 0 Å². The van der Waals surface area contributed by atoms with Crippen molar-refractivity contribution in [2.75, 3.05) is 0 Å². The molecule has 0 atom stereocenters. The predicted octanol–water partition coefficient (Wildman–Crippen LogP) is 1.30. The maximum absolute atomic E-state index is 6.09. The number of nitrogens with one attached hydrogen (secondary N) is 2. The zero-order valence-electron chi connectivity index (χ0n) is 8.91. The van der Waals surface area contributed by atoms with Gasteiger partial charge in [0.2, 0.25) is 17.0 Å². The van der Waals surface area contributed by atoms with E-state index in [-0.39, 0.29) is 0 Å². The van der Waals surface area contributed by atoms with Crippen LogP contribution in [0.2, 0.25) is 39.3 Å². The van der Waals surface area contributed by atoms with Gasteiger partial charge < -0.3 is 13.4 Å². The molecule has 0 amide bonds. The summed E-state index contributed by atoms with van der Waals surface area (Å²) >= 11 is 0. The Balaban J connectivity index is 2.81. The van der Waals surface area contributed by atoms with Gasteiger partial charge in [-0.3, -0.25) is 0 Å². The topological polar surface area (TPSA) is 33.3 Å². The van der Waals surface area contributed by atoms with E-state index in [1.54, 1.807) is 0 Å². The molecule has 1 saturated heterocycles. The van der Waals surface area contributed by atoms with Crippen LogP contribution in [0.5, 0.6) is 0 Å². The highest BCUT2D eigenvalue weighted by Crippen LogP contribution is 2.18. The molecule has 0 saturated carbocycles. The Morgan fingerprint density at radius 2 is 1.08 bits per heavy atom. The molecule has 2 N–H and O–H groups in total. The Kier molecular flexibility index (Phi) is 2.44. The third kappa shape index (κ3) is 2.79. The van der Waals surface area contributed by atoms with E-state index in [1.165, 1.54) is 0 Å². The highest BCUT2D eigenvalue weighted by atomic mass is 28.5. The second-order valence-electron chi connectivity index (χ2n) is 5.00. The third-order valence-corrected chi connectivity index (χ3v) is 15.6. The van der Waals surface area contributed by atoms with Crippen LogP contribution in [0, 0.1) is 0 Å². The maximum Gasteiger partial charge on any atom is 0.247 e. The van der Waals surface area contributed by atoms with Crippen molar-refractivity contribution in [3.63, 3.8) is 0 Å². The molecule has 0 aromatic carbocycles. The molecule has 0 aliphatic carbocycles. The summed E-state index contributed by atoms with van der Waals surface area (Å²) in [7, 11) is -4.46. The van der Waals surface area contributed by atoms with Crippen molar-refractivity contribution in [2.24, 2.45) is 0 Å². The molecule has 1 rings (SSSR count). The summed E-state index contributed by atoms with van der Waals surface area (Å²) in [5, 5.41) is 0. The van der Waals surface area contributed by atoms with Gasteiger partial charge in [-0.05, 0) is 39.3 Å². The fourth-order valence-electron chi connectivity index (χ4n) is 2.23. The SMILES string of the molecule is C[Si]1(C)N[Si](C)(C)O[Si](C)(C)N1. The lowest BCUT2D eigenvalue weighted by molar-refractivity contribution is 0.514. The van der Waals surface area contributed by atoms with E-state index in [0.717, 1.165) is 0 Å². The standard InChI is InChI=1S/C6H20N2OSi3/c1-10(2)7-11(3,4)9-12(5,6)8-10/h7-8H,1-6H3. The molecule has 0 bridgehead atoms. The summed E-state index contributed by atoms with van der Waals surface area (Å²) in [4.78, 5) is 0. The molecule has 1 fully saturated rings. The Morgan fingerprint density at radius 1 is 0.750 bits per heavy atom. The molecular weight excluding hydrogens is 200 g/mol. The van der Waals surface area contributed by atoms with Gasteiger partial charge in [0.05, 0.1) is 0 Å². The van der Waals surface area contributed by atoms with E-state index < -0.39 is 25.4 Å². The van der Waals surface area contributed by atoms with Crippen LogP contribution < -0.4 is 9.30 Å². The van der Waals surface area contributed by atoms with Crippen molar-refractivity contribution in [3.8, 4) is 0 Å². The number of rotatable bonds is 0. The minimum absolute atomic E-state index is 1.36. The van der Waals surface area contributed by atoms with Crippen molar-refractivity contribution in [3.05, 3.63) is 0 Å². The number of hydrogen-bond acceptors (Lipinski definition) is 3. The molecule has 72 valence electrons. The summed E-state index contributed by atoms with van der Waals surface area (Å²) in [6, 6.07) is 0. The van der Waals surface area contributed by atoms with Gasteiger partial charge in [0.15, 0.2) is 8.40 Å². The molecule has 3 nitrogen and oxygen atoms in total. The average Bonchev–Trinajstić information content (AvgIpc) is 1.44. The quantitative estimate of drug-likeness (QED) is 0.604. The van der Waals surface area contributed by atoms with Crippen LogP contribution in [0.15, 0.2) is 0 Å². The monoisotopic (exact) mass is 220 g/mol. The first-order valence-corrected chi connectivity index (χ1v) is 13.2. The molecule has 1 heterocycles. The van der Waals surface area contributed by atoms with Crippen LogP contribution >= 0.6 is 0 Å². The van der Waals surface area contributed by atoms with Crippen molar-refractivity contribution < 1.29 is 4.12 Å². The smallest absolute Gasteiger partial charge is 0.247 e. The molecule has 1 aliphatic heterocycles. The minimum Gasteiger partial charge on any atom is -0.433 e. The first kappa shape index (κ1) is 10.6. The van der Waals surface area contributed by atoms with Crippen LogP contribution in [-0.4, -0.2) is 25.4 Å². The zero-order valence-corrected chi connectivity index (χ0v) is 11.9. The van der Waals surface area contributed by atoms with E-state index in [4.69, 9.17) is 4.12 Å². The Bertz CT molecular complexity index is 148. The van der Waals surface area contributed by atoms with E-state index >= 15 is 0 Å². The Morgan fingerprint density at radius 3 is 1.33 bits per heavy atom. The molecular formula is C6H20N2OSi3. The van der Waals surface area contributed by atoms with Crippen LogP contribution in [0.4, 0.5) is 0 Å². The molecule has 0 spiro atoms. The van der Waals surface area contributed by atoms with E-state index in [9.17, 15) is 0 Å². The average molecular weight is 220 g/mol. The van der Waals surface area contributed by atoms with Gasteiger partial charge in [0, 0.05) is 0 Å². The van der Waals surface area contributed by atoms with Crippen LogP contribution in [0.3, 0.4) is 0 Å². The fraction of sp³-hybridized carbons (Fsp3) is 1.00. The molecule has 0 radical (unpaired) electrons. The maximum atomic E-state index is 6.09. The summed E-state index contributed by atoms with van der Waals surface area (Å²) in [5.74, 6) is 0. The lowest BCUT2D eigenvalue weighted by Crippen LogP contribution is -2.81. The van der Waals surface area contributed by atoms with Crippen LogP contribution in [0.1, 0.15) is 0 Å². The van der Waals surface area contributed by atoms with Crippen molar-refractivity contribution in [2.45, 2.75) is 39.3 Å². The lowest BCUT2D eigenvalue weighted by atomic mass is 11.9. The first-order chi connectivity index (χ1) is 5.12. The number of hydrogen-bond donors (Lipinski definition) is 2. The summed E-state index contributed by atoms with van der Waals surface area (Å²) < 4.78 is 13.4. The predicted molar refractivity (Wildman–Crippen MR) is 59.8 cm³/mol. The van der Waals surface area contributed by atoms with Gasteiger partial charge in [-0.25, -0.2) is 0 Å². The van der Waals surface area contributed by atoms with Gasteiger partial charge in [-0.2, -0.15) is 0 Å². The van der Waals surface area contributed by atoms with Crippen molar-refractivity contribution in [1.29, 1.82) is 0 Å². The summed E-state index contributed by atoms with van der Waals surface area (Å²) in [6.45, 7) is 13.6. The second-order valence-corrected chi connectivity index (χ2v) is 17.1. The van der Waals surface area contributed by atoms with Crippen molar-refractivity contribution >= 4 is 25.4 Å². The second kappa shape index (κ2) is 2.76. The van der Waals surface area contributed by atoms with E-state index in [2.05, 4.69) is 48.6 Å². The third-order valence-electron chi connectivity index (χ3n) is 1.74. The Hall–Kier alpha value is 0.531. The molecule has 0 aromatic heterocycles. The minimum atomic E-state index is -1.55. The molecule has 1 aliphatic rings. The van der Waals surface area contributed by atoms with Gasteiger partial charge in [-0.15, -0.1) is 0 Å². The van der Waals surface area contributed by atoms with Crippen molar-refractivity contribution in [1.82, 2.24) is 9.30 Å². The Labute approximate surface area is 78.5 Å². The van der Waals surface area contributed by atoms with E-state index in [1.807, 2.05) is 0 Å². The van der Waals surface area contributed by atoms with Gasteiger partial charge in [-0.1, -0.05) is 0 Å². The molecule has 12 heavy (non-hydrogen) atoms. The van der Waals surface area contributed by atoms with Gasteiger partial charge >= 0.3 is 0 Å². The molecule has 0 aromatic rings. The largest absolute Gasteiger partial charge is 0.433 e.